The zero-order valence-corrected chi connectivity index (χ0v) is 13.3. The first-order valence-electron chi connectivity index (χ1n) is 6.63. The molecule has 0 aliphatic carbocycles. The van der Waals surface area contributed by atoms with Gasteiger partial charge in [-0.3, -0.25) is 0 Å². The Kier molecular flexibility index (Phi) is 6.44. The van der Waals surface area contributed by atoms with Crippen LogP contribution in [-0.2, 0) is 4.74 Å². The Morgan fingerprint density at radius 1 is 1.16 bits per heavy atom. The van der Waals surface area contributed by atoms with Gasteiger partial charge in [0.05, 0.1) is 17.7 Å². The number of benzene rings is 1. The van der Waals surface area contributed by atoms with Crippen molar-refractivity contribution in [3.05, 3.63) is 27.7 Å². The van der Waals surface area contributed by atoms with Gasteiger partial charge in [0.2, 0.25) is 0 Å². The van der Waals surface area contributed by atoms with E-state index >= 15 is 0 Å². The zero-order valence-electron chi connectivity index (χ0n) is 10.9. The molecule has 1 aliphatic heterocycles. The van der Waals surface area contributed by atoms with E-state index in [0.29, 0.717) is 18.2 Å². The van der Waals surface area contributed by atoms with Crippen molar-refractivity contribution < 1.29 is 9.47 Å². The van der Waals surface area contributed by atoms with E-state index in [0.717, 1.165) is 23.4 Å². The quantitative estimate of drug-likeness (QED) is 0.703. The number of rotatable bonds is 7. The van der Waals surface area contributed by atoms with Crippen LogP contribution in [0.4, 0.5) is 0 Å². The van der Waals surface area contributed by atoms with Crippen LogP contribution >= 0.6 is 27.5 Å². The molecule has 106 valence electrons. The molecule has 1 aromatic rings. The molecule has 0 unspecified atom stereocenters. The van der Waals surface area contributed by atoms with Gasteiger partial charge in [0.25, 0.3) is 0 Å². The first kappa shape index (κ1) is 15.1. The van der Waals surface area contributed by atoms with E-state index in [-0.39, 0.29) is 0 Å². The lowest BCUT2D eigenvalue weighted by Gasteiger charge is -2.14. The summed E-state index contributed by atoms with van der Waals surface area (Å²) in [5.41, 5.74) is 0. The van der Waals surface area contributed by atoms with E-state index in [1.54, 1.807) is 0 Å². The maximum absolute atomic E-state index is 5.87. The highest BCUT2D eigenvalue weighted by Gasteiger charge is 2.10. The van der Waals surface area contributed by atoms with Gasteiger partial charge in [-0.2, -0.15) is 0 Å². The minimum atomic E-state index is 0.556. The molecule has 1 saturated heterocycles. The van der Waals surface area contributed by atoms with Crippen molar-refractivity contribution in [3.8, 4) is 5.75 Å². The second-order valence-electron chi connectivity index (χ2n) is 4.58. The summed E-state index contributed by atoms with van der Waals surface area (Å²) in [7, 11) is 0. The van der Waals surface area contributed by atoms with Crippen molar-refractivity contribution in [3.63, 3.8) is 0 Å². The third-order valence-corrected chi connectivity index (χ3v) is 3.98. The van der Waals surface area contributed by atoms with Crippen LogP contribution in [0.2, 0.25) is 5.02 Å². The molecule has 0 N–H and O–H groups in total. The molecule has 0 saturated carbocycles. The highest BCUT2D eigenvalue weighted by atomic mass is 79.9. The maximum atomic E-state index is 5.87. The second-order valence-corrected chi connectivity index (χ2v) is 5.88. The zero-order chi connectivity index (χ0) is 13.5. The van der Waals surface area contributed by atoms with Crippen LogP contribution in [-0.4, -0.2) is 44.4 Å². The molecule has 0 radical (unpaired) electrons. The van der Waals surface area contributed by atoms with E-state index in [4.69, 9.17) is 21.1 Å². The largest absolute Gasteiger partial charge is 0.490 e. The van der Waals surface area contributed by atoms with Crippen LogP contribution in [0.25, 0.3) is 0 Å². The molecule has 0 bridgehead atoms. The van der Waals surface area contributed by atoms with Gasteiger partial charge in [0, 0.05) is 11.6 Å². The summed E-state index contributed by atoms with van der Waals surface area (Å²) in [6.45, 7) is 5.42. The molecule has 0 aromatic heterocycles. The summed E-state index contributed by atoms with van der Waals surface area (Å²) in [4.78, 5) is 2.44. The highest BCUT2D eigenvalue weighted by molar-refractivity contribution is 9.10. The number of hydrogen-bond donors (Lipinski definition) is 0. The predicted octanol–water partition coefficient (Wildman–Crippen LogP) is 3.59. The Hall–Kier alpha value is -0.290. The molecule has 19 heavy (non-hydrogen) atoms. The van der Waals surface area contributed by atoms with E-state index in [9.17, 15) is 0 Å². The van der Waals surface area contributed by atoms with Gasteiger partial charge in [-0.1, -0.05) is 11.6 Å². The number of likely N-dealkylation sites (tertiary alicyclic amines) is 1. The summed E-state index contributed by atoms with van der Waals surface area (Å²) >= 11 is 9.28. The summed E-state index contributed by atoms with van der Waals surface area (Å²) in [6, 6.07) is 5.50. The second kappa shape index (κ2) is 8.10. The minimum absolute atomic E-state index is 0.556. The number of hydrogen-bond acceptors (Lipinski definition) is 3. The third kappa shape index (κ3) is 5.30. The van der Waals surface area contributed by atoms with Crippen LogP contribution in [0.1, 0.15) is 12.8 Å². The molecule has 2 rings (SSSR count). The molecule has 1 aromatic carbocycles. The lowest BCUT2D eigenvalue weighted by Crippen LogP contribution is -2.24. The molecular weight excluding hydrogens is 330 g/mol. The summed E-state index contributed by atoms with van der Waals surface area (Å²) in [5.74, 6) is 0.799. The molecule has 0 amide bonds. The third-order valence-electron chi connectivity index (χ3n) is 3.13. The standard InChI is InChI=1S/C14H19BrClNO2/c15-13-11-12(16)3-4-14(13)19-10-9-18-8-7-17-5-1-2-6-17/h3-4,11H,1-2,5-10H2. The van der Waals surface area contributed by atoms with E-state index in [1.807, 2.05) is 18.2 Å². The molecule has 1 fully saturated rings. The van der Waals surface area contributed by atoms with Crippen LogP contribution in [0, 0.1) is 0 Å². The van der Waals surface area contributed by atoms with Gasteiger partial charge in [-0.05, 0) is 60.1 Å². The van der Waals surface area contributed by atoms with Gasteiger partial charge >= 0.3 is 0 Å². The van der Waals surface area contributed by atoms with Crippen LogP contribution in [0.15, 0.2) is 22.7 Å². The minimum Gasteiger partial charge on any atom is -0.490 e. The van der Waals surface area contributed by atoms with Crippen LogP contribution in [0.3, 0.4) is 0 Å². The van der Waals surface area contributed by atoms with Gasteiger partial charge in [-0.25, -0.2) is 0 Å². The summed E-state index contributed by atoms with van der Waals surface area (Å²) in [6.07, 6.45) is 2.65. The van der Waals surface area contributed by atoms with E-state index in [1.165, 1.54) is 25.9 Å². The first-order valence-corrected chi connectivity index (χ1v) is 7.81. The fourth-order valence-electron chi connectivity index (χ4n) is 2.10. The highest BCUT2D eigenvalue weighted by Crippen LogP contribution is 2.27. The fraction of sp³-hybridized carbons (Fsp3) is 0.571. The lowest BCUT2D eigenvalue weighted by atomic mass is 10.3. The number of nitrogens with zero attached hydrogens (tertiary/aromatic N) is 1. The molecular formula is C14H19BrClNO2. The molecule has 0 spiro atoms. The molecule has 3 nitrogen and oxygen atoms in total. The molecule has 5 heteroatoms. The van der Waals surface area contributed by atoms with Crippen molar-refractivity contribution >= 4 is 27.5 Å². The average molecular weight is 349 g/mol. The monoisotopic (exact) mass is 347 g/mol. The smallest absolute Gasteiger partial charge is 0.133 e. The Balaban J connectivity index is 1.56. The van der Waals surface area contributed by atoms with Crippen molar-refractivity contribution in [1.29, 1.82) is 0 Å². The lowest BCUT2D eigenvalue weighted by molar-refractivity contribution is 0.0844. The van der Waals surface area contributed by atoms with Crippen LogP contribution in [0.5, 0.6) is 5.75 Å². The van der Waals surface area contributed by atoms with Gasteiger partial charge < -0.3 is 14.4 Å². The Labute approximate surface area is 128 Å². The van der Waals surface area contributed by atoms with Crippen molar-refractivity contribution in [1.82, 2.24) is 4.90 Å². The maximum Gasteiger partial charge on any atom is 0.133 e. The van der Waals surface area contributed by atoms with Crippen molar-refractivity contribution in [2.75, 3.05) is 39.5 Å². The van der Waals surface area contributed by atoms with Gasteiger partial charge in [0.1, 0.15) is 12.4 Å². The van der Waals surface area contributed by atoms with E-state index < -0.39 is 0 Å². The van der Waals surface area contributed by atoms with E-state index in [2.05, 4.69) is 20.8 Å². The number of halogens is 2. The topological polar surface area (TPSA) is 21.7 Å². The molecule has 1 aliphatic rings. The normalized spacial score (nSPS) is 15.9. The fourth-order valence-corrected chi connectivity index (χ4v) is 2.90. The Morgan fingerprint density at radius 2 is 1.95 bits per heavy atom. The SMILES string of the molecule is Clc1ccc(OCCOCCN2CCCC2)c(Br)c1. The van der Waals surface area contributed by atoms with Gasteiger partial charge in [-0.15, -0.1) is 0 Å². The Bertz CT molecular complexity index is 397. The van der Waals surface area contributed by atoms with Crippen LogP contribution < -0.4 is 4.74 Å². The predicted molar refractivity (Wildman–Crippen MR) is 81.1 cm³/mol. The molecule has 0 atom stereocenters. The summed E-state index contributed by atoms with van der Waals surface area (Å²) in [5, 5.41) is 0.695. The Morgan fingerprint density at radius 3 is 2.68 bits per heavy atom. The van der Waals surface area contributed by atoms with Crippen molar-refractivity contribution in [2.45, 2.75) is 12.8 Å². The van der Waals surface area contributed by atoms with Crippen molar-refractivity contribution in [2.24, 2.45) is 0 Å². The molecule has 1 heterocycles. The first-order chi connectivity index (χ1) is 9.25. The number of ether oxygens (including phenoxy) is 2. The summed E-state index contributed by atoms with van der Waals surface area (Å²) < 4.78 is 12.1. The average Bonchev–Trinajstić information content (AvgIpc) is 2.89. The van der Waals surface area contributed by atoms with Gasteiger partial charge in [0.15, 0.2) is 0 Å².